The summed E-state index contributed by atoms with van der Waals surface area (Å²) in [6, 6.07) is 3.55. The Labute approximate surface area is 123 Å². The molecule has 0 amide bonds. The summed E-state index contributed by atoms with van der Waals surface area (Å²) < 4.78 is 46.6. The van der Waals surface area contributed by atoms with Crippen LogP contribution in [0.15, 0.2) is 12.1 Å². The van der Waals surface area contributed by atoms with Crippen LogP contribution < -0.4 is 10.1 Å². The second-order valence-corrected chi connectivity index (χ2v) is 4.93. The van der Waals surface area contributed by atoms with Crippen molar-refractivity contribution in [3.05, 3.63) is 28.8 Å². The molecule has 0 heterocycles. The van der Waals surface area contributed by atoms with Gasteiger partial charge in [0.05, 0.1) is 19.8 Å². The highest BCUT2D eigenvalue weighted by atomic mass is 19.4. The van der Waals surface area contributed by atoms with Gasteiger partial charge in [0, 0.05) is 0 Å². The highest BCUT2D eigenvalue weighted by molar-refractivity contribution is 5.44. The number of rotatable bonds is 7. The summed E-state index contributed by atoms with van der Waals surface area (Å²) >= 11 is 0. The lowest BCUT2D eigenvalue weighted by atomic mass is 10.0. The first-order chi connectivity index (χ1) is 9.78. The van der Waals surface area contributed by atoms with Gasteiger partial charge in [0.1, 0.15) is 12.4 Å². The average molecular weight is 305 g/mol. The third-order valence-electron chi connectivity index (χ3n) is 3.09. The predicted octanol–water partition coefficient (Wildman–Crippen LogP) is 3.54. The molecule has 0 aliphatic rings. The Hall–Kier alpha value is -1.27. The molecule has 0 fully saturated rings. The van der Waals surface area contributed by atoms with E-state index in [9.17, 15) is 13.2 Å². The topological polar surface area (TPSA) is 30.5 Å². The predicted molar refractivity (Wildman–Crippen MR) is 75.8 cm³/mol. The monoisotopic (exact) mass is 305 g/mol. The van der Waals surface area contributed by atoms with E-state index in [1.165, 1.54) is 0 Å². The number of benzene rings is 1. The molecule has 6 heteroatoms. The molecule has 0 saturated heterocycles. The van der Waals surface area contributed by atoms with Crippen LogP contribution in [0.2, 0.25) is 0 Å². The van der Waals surface area contributed by atoms with Crippen molar-refractivity contribution in [1.82, 2.24) is 5.32 Å². The second kappa shape index (κ2) is 7.66. The number of ether oxygens (including phenoxy) is 2. The number of nitrogens with one attached hydrogen (secondary N) is 1. The summed E-state index contributed by atoms with van der Waals surface area (Å²) in [5.74, 6) is 0.796. The smallest absolute Gasteiger partial charge is 0.411 e. The number of alkyl halides is 3. The maximum absolute atomic E-state index is 12.2. The summed E-state index contributed by atoms with van der Waals surface area (Å²) in [6.07, 6.45) is -4.30. The number of methoxy groups -OCH3 is 1. The molecule has 0 aromatic heterocycles. The molecule has 1 aromatic rings. The normalized spacial score (nSPS) is 13.3. The van der Waals surface area contributed by atoms with Crippen LogP contribution in [-0.2, 0) is 4.74 Å². The molecule has 0 radical (unpaired) electrons. The SMILES string of the molecule is CCNC(COCC(F)(F)F)c1cc(C)c(OC)c(C)c1. The van der Waals surface area contributed by atoms with Crippen LogP contribution in [0.4, 0.5) is 13.2 Å². The summed E-state index contributed by atoms with van der Waals surface area (Å²) in [7, 11) is 1.60. The number of likely N-dealkylation sites (N-methyl/N-ethyl adjacent to an activating group) is 1. The molecule has 0 aliphatic carbocycles. The van der Waals surface area contributed by atoms with E-state index in [1.807, 2.05) is 32.9 Å². The molecule has 1 N–H and O–H groups in total. The highest BCUT2D eigenvalue weighted by Gasteiger charge is 2.28. The third-order valence-corrected chi connectivity index (χ3v) is 3.09. The molecular formula is C15H22F3NO2. The van der Waals surface area contributed by atoms with Gasteiger partial charge in [0.25, 0.3) is 0 Å². The Morgan fingerprint density at radius 2 is 1.76 bits per heavy atom. The van der Waals surface area contributed by atoms with Crippen molar-refractivity contribution in [2.75, 3.05) is 26.9 Å². The lowest BCUT2D eigenvalue weighted by Crippen LogP contribution is -2.28. The first-order valence-corrected chi connectivity index (χ1v) is 6.81. The molecule has 1 rings (SSSR count). The van der Waals surface area contributed by atoms with E-state index in [-0.39, 0.29) is 12.6 Å². The van der Waals surface area contributed by atoms with E-state index in [0.717, 1.165) is 22.4 Å². The van der Waals surface area contributed by atoms with Gasteiger partial charge in [0.2, 0.25) is 0 Å². The zero-order valence-electron chi connectivity index (χ0n) is 12.8. The standard InChI is InChI=1S/C15H22F3NO2/c1-5-19-13(8-21-9-15(16,17)18)12-6-10(2)14(20-4)11(3)7-12/h6-7,13,19H,5,8-9H2,1-4H3. The first-order valence-electron chi connectivity index (χ1n) is 6.81. The molecule has 0 spiro atoms. The van der Waals surface area contributed by atoms with Crippen molar-refractivity contribution in [2.24, 2.45) is 0 Å². The molecule has 1 aromatic carbocycles. The van der Waals surface area contributed by atoms with Gasteiger partial charge in [-0.15, -0.1) is 0 Å². The Kier molecular flexibility index (Phi) is 6.48. The molecular weight excluding hydrogens is 283 g/mol. The number of hydrogen-bond donors (Lipinski definition) is 1. The van der Waals surface area contributed by atoms with E-state index in [4.69, 9.17) is 9.47 Å². The number of halogens is 3. The fraction of sp³-hybridized carbons (Fsp3) is 0.600. The van der Waals surface area contributed by atoms with Gasteiger partial charge < -0.3 is 14.8 Å². The Bertz CT molecular complexity index is 438. The van der Waals surface area contributed by atoms with Gasteiger partial charge in [-0.2, -0.15) is 13.2 Å². The molecule has 1 unspecified atom stereocenters. The Morgan fingerprint density at radius 1 is 1.19 bits per heavy atom. The first kappa shape index (κ1) is 17.8. The molecule has 21 heavy (non-hydrogen) atoms. The summed E-state index contributed by atoms with van der Waals surface area (Å²) in [5, 5.41) is 3.14. The largest absolute Gasteiger partial charge is 0.496 e. The lowest BCUT2D eigenvalue weighted by molar-refractivity contribution is -0.175. The fourth-order valence-electron chi connectivity index (χ4n) is 2.32. The van der Waals surface area contributed by atoms with Crippen molar-refractivity contribution >= 4 is 0 Å². The van der Waals surface area contributed by atoms with Crippen LogP contribution in [0.3, 0.4) is 0 Å². The molecule has 0 bridgehead atoms. The molecule has 0 saturated carbocycles. The molecule has 0 aliphatic heterocycles. The van der Waals surface area contributed by atoms with Crippen molar-refractivity contribution < 1.29 is 22.6 Å². The van der Waals surface area contributed by atoms with Gasteiger partial charge in [-0.3, -0.25) is 0 Å². The number of hydrogen-bond acceptors (Lipinski definition) is 3. The minimum Gasteiger partial charge on any atom is -0.496 e. The zero-order chi connectivity index (χ0) is 16.0. The summed E-state index contributed by atoms with van der Waals surface area (Å²) in [6.45, 7) is 5.11. The fourth-order valence-corrected chi connectivity index (χ4v) is 2.32. The van der Waals surface area contributed by atoms with Crippen molar-refractivity contribution in [3.8, 4) is 5.75 Å². The summed E-state index contributed by atoms with van der Waals surface area (Å²) in [5.41, 5.74) is 2.80. The highest BCUT2D eigenvalue weighted by Crippen LogP contribution is 2.27. The van der Waals surface area contributed by atoms with Gasteiger partial charge in [-0.1, -0.05) is 19.1 Å². The van der Waals surface area contributed by atoms with E-state index >= 15 is 0 Å². The average Bonchev–Trinajstić information content (AvgIpc) is 2.36. The van der Waals surface area contributed by atoms with Crippen LogP contribution >= 0.6 is 0 Å². The van der Waals surface area contributed by atoms with Gasteiger partial charge in [-0.05, 0) is 37.1 Å². The van der Waals surface area contributed by atoms with Crippen LogP contribution in [-0.4, -0.2) is 33.0 Å². The lowest BCUT2D eigenvalue weighted by Gasteiger charge is -2.21. The number of aryl methyl sites for hydroxylation is 2. The van der Waals surface area contributed by atoms with Crippen LogP contribution in [0.25, 0.3) is 0 Å². The maximum Gasteiger partial charge on any atom is 0.411 e. The van der Waals surface area contributed by atoms with Crippen molar-refractivity contribution in [3.63, 3.8) is 0 Å². The van der Waals surface area contributed by atoms with E-state index in [0.29, 0.717) is 6.54 Å². The second-order valence-electron chi connectivity index (χ2n) is 4.93. The van der Waals surface area contributed by atoms with Gasteiger partial charge >= 0.3 is 6.18 Å². The maximum atomic E-state index is 12.2. The van der Waals surface area contributed by atoms with Gasteiger partial charge in [-0.25, -0.2) is 0 Å². The molecule has 1 atom stereocenters. The van der Waals surface area contributed by atoms with Crippen LogP contribution in [0.5, 0.6) is 5.75 Å². The summed E-state index contributed by atoms with van der Waals surface area (Å²) in [4.78, 5) is 0. The van der Waals surface area contributed by atoms with Gasteiger partial charge in [0.15, 0.2) is 0 Å². The van der Waals surface area contributed by atoms with Crippen LogP contribution in [0.1, 0.15) is 29.7 Å². The van der Waals surface area contributed by atoms with Crippen molar-refractivity contribution in [1.29, 1.82) is 0 Å². The van der Waals surface area contributed by atoms with E-state index in [2.05, 4.69) is 5.32 Å². The quantitative estimate of drug-likeness (QED) is 0.836. The van der Waals surface area contributed by atoms with Crippen LogP contribution in [0, 0.1) is 13.8 Å². The van der Waals surface area contributed by atoms with E-state index < -0.39 is 12.8 Å². The minimum absolute atomic E-state index is 0.0292. The molecule has 3 nitrogen and oxygen atoms in total. The van der Waals surface area contributed by atoms with E-state index in [1.54, 1.807) is 7.11 Å². The Morgan fingerprint density at radius 3 is 2.19 bits per heavy atom. The zero-order valence-corrected chi connectivity index (χ0v) is 12.8. The molecule has 120 valence electrons. The minimum atomic E-state index is -4.30. The Balaban J connectivity index is 2.85. The van der Waals surface area contributed by atoms with Crippen molar-refractivity contribution in [2.45, 2.75) is 33.0 Å². The third kappa shape index (κ3) is 5.55.